The summed E-state index contributed by atoms with van der Waals surface area (Å²) in [5, 5.41) is 6.18. The molecule has 1 saturated heterocycles. The number of morpholine rings is 1. The standard InChI is InChI=1S/C20H24N2O3/c1-14-9-15(2)11-19(10-14)25-18-5-3-16(4-6-18)22-20(23)12-17-13-24-8-7-21-17/h3-6,9-11,17,21H,7-8,12-13H2,1-2H3,(H,22,23). The van der Waals surface area contributed by atoms with Crippen molar-refractivity contribution in [2.45, 2.75) is 26.3 Å². The number of hydrogen-bond acceptors (Lipinski definition) is 4. The van der Waals surface area contributed by atoms with Gasteiger partial charge in [-0.05, 0) is 61.4 Å². The van der Waals surface area contributed by atoms with E-state index >= 15 is 0 Å². The lowest BCUT2D eigenvalue weighted by molar-refractivity contribution is -0.117. The number of amides is 1. The molecule has 1 aliphatic rings. The molecule has 0 radical (unpaired) electrons. The minimum absolute atomic E-state index is 0.0222. The Morgan fingerprint density at radius 1 is 1.16 bits per heavy atom. The first kappa shape index (κ1) is 17.5. The van der Waals surface area contributed by atoms with Crippen LogP contribution in [-0.2, 0) is 9.53 Å². The summed E-state index contributed by atoms with van der Waals surface area (Å²) >= 11 is 0. The quantitative estimate of drug-likeness (QED) is 0.876. The van der Waals surface area contributed by atoms with Gasteiger partial charge in [0.1, 0.15) is 11.5 Å². The van der Waals surface area contributed by atoms with Crippen LogP contribution >= 0.6 is 0 Å². The van der Waals surface area contributed by atoms with Crippen LogP contribution in [0.5, 0.6) is 11.5 Å². The minimum Gasteiger partial charge on any atom is -0.457 e. The van der Waals surface area contributed by atoms with Gasteiger partial charge in [-0.25, -0.2) is 0 Å². The molecule has 3 rings (SSSR count). The van der Waals surface area contributed by atoms with Gasteiger partial charge in [-0.1, -0.05) is 6.07 Å². The van der Waals surface area contributed by atoms with Crippen LogP contribution in [0.2, 0.25) is 0 Å². The molecule has 25 heavy (non-hydrogen) atoms. The Bertz CT molecular complexity index is 702. The second-order valence-electron chi connectivity index (χ2n) is 6.43. The fraction of sp³-hybridized carbons (Fsp3) is 0.350. The number of benzene rings is 2. The van der Waals surface area contributed by atoms with E-state index in [0.717, 1.165) is 23.7 Å². The molecular formula is C20H24N2O3. The number of carbonyl (C=O) groups excluding carboxylic acids is 1. The third-order valence-corrected chi connectivity index (χ3v) is 4.00. The SMILES string of the molecule is Cc1cc(C)cc(Oc2ccc(NC(=O)CC3COCCN3)cc2)c1. The van der Waals surface area contributed by atoms with Gasteiger partial charge in [0.25, 0.3) is 0 Å². The minimum atomic E-state index is -0.0222. The average Bonchev–Trinajstić information content (AvgIpc) is 2.56. The summed E-state index contributed by atoms with van der Waals surface area (Å²) < 4.78 is 11.2. The summed E-state index contributed by atoms with van der Waals surface area (Å²) in [6.07, 6.45) is 0.404. The van der Waals surface area contributed by atoms with Crippen LogP contribution in [0.3, 0.4) is 0 Å². The molecule has 1 aliphatic heterocycles. The molecule has 2 aromatic carbocycles. The highest BCUT2D eigenvalue weighted by molar-refractivity contribution is 5.91. The lowest BCUT2D eigenvalue weighted by Gasteiger charge is -2.23. The molecule has 1 heterocycles. The summed E-state index contributed by atoms with van der Waals surface area (Å²) in [4.78, 5) is 12.1. The van der Waals surface area contributed by atoms with Gasteiger partial charge in [0, 0.05) is 24.7 Å². The molecule has 132 valence electrons. The molecule has 1 fully saturated rings. The second kappa shape index (κ2) is 8.14. The zero-order chi connectivity index (χ0) is 17.6. The summed E-state index contributed by atoms with van der Waals surface area (Å²) in [7, 11) is 0. The van der Waals surface area contributed by atoms with Crippen LogP contribution < -0.4 is 15.4 Å². The lowest BCUT2D eigenvalue weighted by Crippen LogP contribution is -2.43. The number of anilines is 1. The van der Waals surface area contributed by atoms with Crippen LogP contribution in [-0.4, -0.2) is 31.7 Å². The first-order valence-corrected chi connectivity index (χ1v) is 8.56. The van der Waals surface area contributed by atoms with Crippen molar-refractivity contribution in [1.29, 1.82) is 0 Å². The van der Waals surface area contributed by atoms with E-state index in [1.165, 1.54) is 11.1 Å². The van der Waals surface area contributed by atoms with E-state index in [1.54, 1.807) is 0 Å². The largest absolute Gasteiger partial charge is 0.457 e. The van der Waals surface area contributed by atoms with Crippen molar-refractivity contribution in [3.63, 3.8) is 0 Å². The maximum Gasteiger partial charge on any atom is 0.226 e. The normalized spacial score (nSPS) is 17.1. The Morgan fingerprint density at radius 2 is 1.88 bits per heavy atom. The Hall–Kier alpha value is -2.37. The van der Waals surface area contributed by atoms with Crippen molar-refractivity contribution < 1.29 is 14.3 Å². The van der Waals surface area contributed by atoms with E-state index in [9.17, 15) is 4.79 Å². The van der Waals surface area contributed by atoms with Crippen molar-refractivity contribution in [3.05, 3.63) is 53.6 Å². The summed E-state index contributed by atoms with van der Waals surface area (Å²) in [6.45, 7) is 6.17. The Labute approximate surface area is 148 Å². The van der Waals surface area contributed by atoms with E-state index in [1.807, 2.05) is 50.2 Å². The van der Waals surface area contributed by atoms with Crippen molar-refractivity contribution in [1.82, 2.24) is 5.32 Å². The molecule has 0 aliphatic carbocycles. The molecule has 1 unspecified atom stereocenters. The van der Waals surface area contributed by atoms with Gasteiger partial charge in [-0.3, -0.25) is 4.79 Å². The summed E-state index contributed by atoms with van der Waals surface area (Å²) in [5.41, 5.74) is 3.09. The van der Waals surface area contributed by atoms with Crippen LogP contribution in [0.25, 0.3) is 0 Å². The topological polar surface area (TPSA) is 59.6 Å². The van der Waals surface area contributed by atoms with Gasteiger partial charge in [0.15, 0.2) is 0 Å². The number of aryl methyl sites for hydroxylation is 2. The third-order valence-electron chi connectivity index (χ3n) is 4.00. The second-order valence-corrected chi connectivity index (χ2v) is 6.43. The number of nitrogens with one attached hydrogen (secondary N) is 2. The van der Waals surface area contributed by atoms with Gasteiger partial charge in [0.05, 0.1) is 13.2 Å². The number of rotatable bonds is 5. The Balaban J connectivity index is 1.55. The van der Waals surface area contributed by atoms with Crippen molar-refractivity contribution in [2.75, 3.05) is 25.1 Å². The molecule has 5 heteroatoms. The molecule has 1 amide bonds. The van der Waals surface area contributed by atoms with Crippen molar-refractivity contribution in [3.8, 4) is 11.5 Å². The zero-order valence-corrected chi connectivity index (χ0v) is 14.7. The first-order chi connectivity index (χ1) is 12.1. The molecule has 0 bridgehead atoms. The van der Waals surface area contributed by atoms with Gasteiger partial charge >= 0.3 is 0 Å². The lowest BCUT2D eigenvalue weighted by atomic mass is 10.1. The Morgan fingerprint density at radius 3 is 2.52 bits per heavy atom. The summed E-state index contributed by atoms with van der Waals surface area (Å²) in [5.74, 6) is 1.54. The number of hydrogen-bond donors (Lipinski definition) is 2. The van der Waals surface area contributed by atoms with Gasteiger partial charge in [-0.15, -0.1) is 0 Å². The first-order valence-electron chi connectivity index (χ1n) is 8.56. The highest BCUT2D eigenvalue weighted by Crippen LogP contribution is 2.25. The smallest absolute Gasteiger partial charge is 0.226 e. The van der Waals surface area contributed by atoms with Gasteiger partial charge in [0.2, 0.25) is 5.91 Å². The average molecular weight is 340 g/mol. The van der Waals surface area contributed by atoms with Crippen LogP contribution in [0.4, 0.5) is 5.69 Å². The number of carbonyl (C=O) groups is 1. The molecule has 2 aromatic rings. The maximum absolute atomic E-state index is 12.1. The maximum atomic E-state index is 12.1. The monoisotopic (exact) mass is 340 g/mol. The van der Waals surface area contributed by atoms with Crippen LogP contribution in [0.15, 0.2) is 42.5 Å². The molecule has 1 atom stereocenters. The van der Waals surface area contributed by atoms with E-state index in [4.69, 9.17) is 9.47 Å². The highest BCUT2D eigenvalue weighted by Gasteiger charge is 2.16. The van der Waals surface area contributed by atoms with Crippen molar-refractivity contribution in [2.24, 2.45) is 0 Å². The summed E-state index contributed by atoms with van der Waals surface area (Å²) in [6, 6.07) is 13.6. The highest BCUT2D eigenvalue weighted by atomic mass is 16.5. The Kier molecular flexibility index (Phi) is 5.68. The molecule has 5 nitrogen and oxygen atoms in total. The molecule has 0 spiro atoms. The zero-order valence-electron chi connectivity index (χ0n) is 14.7. The van der Waals surface area contributed by atoms with Gasteiger partial charge in [-0.2, -0.15) is 0 Å². The predicted octanol–water partition coefficient (Wildman–Crippen LogP) is 3.41. The predicted molar refractivity (Wildman–Crippen MR) is 98.3 cm³/mol. The van der Waals surface area contributed by atoms with Gasteiger partial charge < -0.3 is 20.1 Å². The number of ether oxygens (including phenoxy) is 2. The molecule has 2 N–H and O–H groups in total. The van der Waals surface area contributed by atoms with E-state index in [2.05, 4.69) is 16.7 Å². The fourth-order valence-electron chi connectivity index (χ4n) is 2.92. The van der Waals surface area contributed by atoms with E-state index < -0.39 is 0 Å². The molecule has 0 saturated carbocycles. The molecule has 0 aromatic heterocycles. The van der Waals surface area contributed by atoms with Crippen LogP contribution in [0.1, 0.15) is 17.5 Å². The van der Waals surface area contributed by atoms with Crippen molar-refractivity contribution >= 4 is 11.6 Å². The fourth-order valence-corrected chi connectivity index (χ4v) is 2.92. The van der Waals surface area contributed by atoms with E-state index in [-0.39, 0.29) is 11.9 Å². The van der Waals surface area contributed by atoms with Crippen LogP contribution in [0, 0.1) is 13.8 Å². The third kappa shape index (κ3) is 5.31. The van der Waals surface area contributed by atoms with E-state index in [0.29, 0.717) is 19.6 Å². The molecular weight excluding hydrogens is 316 g/mol.